The standard InChI is InChI=1S/C21H28N2O4/c1-5-26-18(24)14-23-12-9-16-7-6-15-8-11-22(13-10-17(15)19(16)23)20(25)27-21(2,3)4/h6-7,9,12H,5,8,10-11,13-14H2,1-4H3. The highest BCUT2D eigenvalue weighted by Crippen LogP contribution is 2.27. The van der Waals surface area contributed by atoms with Gasteiger partial charge in [-0.05, 0) is 63.1 Å². The third kappa shape index (κ3) is 4.43. The molecular weight excluding hydrogens is 344 g/mol. The van der Waals surface area contributed by atoms with Crippen LogP contribution in [0, 0.1) is 0 Å². The van der Waals surface area contributed by atoms with E-state index in [1.165, 1.54) is 11.1 Å². The Morgan fingerprint density at radius 2 is 1.85 bits per heavy atom. The van der Waals surface area contributed by atoms with Crippen molar-refractivity contribution in [3.05, 3.63) is 35.5 Å². The summed E-state index contributed by atoms with van der Waals surface area (Å²) in [6.07, 6.45) is 3.17. The van der Waals surface area contributed by atoms with Gasteiger partial charge in [-0.15, -0.1) is 0 Å². The van der Waals surface area contributed by atoms with Crippen LogP contribution in [0.5, 0.6) is 0 Å². The SMILES string of the molecule is CCOC(=O)Cn1ccc2ccc3c(c21)CCN(C(=O)OC(C)(C)C)CC3. The Bertz CT molecular complexity index is 848. The smallest absolute Gasteiger partial charge is 0.410 e. The van der Waals surface area contributed by atoms with Gasteiger partial charge in [-0.1, -0.05) is 12.1 Å². The molecule has 1 aromatic heterocycles. The quantitative estimate of drug-likeness (QED) is 0.773. The van der Waals surface area contributed by atoms with Crippen molar-refractivity contribution in [1.82, 2.24) is 9.47 Å². The lowest BCUT2D eigenvalue weighted by Gasteiger charge is -2.26. The first kappa shape index (κ1) is 19.3. The second-order valence-corrected chi connectivity index (χ2v) is 7.86. The zero-order chi connectivity index (χ0) is 19.6. The molecule has 0 N–H and O–H groups in total. The van der Waals surface area contributed by atoms with E-state index in [9.17, 15) is 9.59 Å². The van der Waals surface area contributed by atoms with Crippen LogP contribution in [0.25, 0.3) is 10.9 Å². The van der Waals surface area contributed by atoms with E-state index in [2.05, 4.69) is 12.1 Å². The number of hydrogen-bond acceptors (Lipinski definition) is 4. The lowest BCUT2D eigenvalue weighted by molar-refractivity contribution is -0.143. The number of fused-ring (bicyclic) bond motifs is 3. The van der Waals surface area contributed by atoms with E-state index >= 15 is 0 Å². The molecule has 27 heavy (non-hydrogen) atoms. The fourth-order valence-corrected chi connectivity index (χ4v) is 3.53. The number of ether oxygens (including phenoxy) is 2. The molecule has 1 aliphatic rings. The van der Waals surface area contributed by atoms with Crippen LogP contribution in [0.15, 0.2) is 24.4 Å². The van der Waals surface area contributed by atoms with Crippen LogP contribution in [0.4, 0.5) is 4.79 Å². The molecule has 0 spiro atoms. The molecule has 1 aliphatic heterocycles. The van der Waals surface area contributed by atoms with Crippen LogP contribution in [-0.2, 0) is 33.7 Å². The summed E-state index contributed by atoms with van der Waals surface area (Å²) in [5.74, 6) is -0.239. The van der Waals surface area contributed by atoms with Crippen molar-refractivity contribution in [2.24, 2.45) is 0 Å². The molecule has 1 aromatic carbocycles. The van der Waals surface area contributed by atoms with Crippen LogP contribution < -0.4 is 0 Å². The largest absolute Gasteiger partial charge is 0.465 e. The van der Waals surface area contributed by atoms with E-state index in [4.69, 9.17) is 9.47 Å². The minimum Gasteiger partial charge on any atom is -0.465 e. The Kier molecular flexibility index (Phi) is 5.44. The predicted octanol–water partition coefficient (Wildman–Crippen LogP) is 3.54. The summed E-state index contributed by atoms with van der Waals surface area (Å²) in [5, 5.41) is 1.10. The molecular formula is C21H28N2O4. The summed E-state index contributed by atoms with van der Waals surface area (Å²) in [6, 6.07) is 6.23. The summed E-state index contributed by atoms with van der Waals surface area (Å²) >= 11 is 0. The van der Waals surface area contributed by atoms with Gasteiger partial charge in [-0.25, -0.2) is 4.79 Å². The summed E-state index contributed by atoms with van der Waals surface area (Å²) in [6.45, 7) is 9.25. The molecule has 6 nitrogen and oxygen atoms in total. The Hall–Kier alpha value is -2.50. The van der Waals surface area contributed by atoms with E-state index in [-0.39, 0.29) is 18.6 Å². The summed E-state index contributed by atoms with van der Waals surface area (Å²) in [5.41, 5.74) is 2.98. The number of amides is 1. The highest BCUT2D eigenvalue weighted by molar-refractivity contribution is 5.86. The maximum Gasteiger partial charge on any atom is 0.410 e. The number of nitrogens with zero attached hydrogens (tertiary/aromatic N) is 2. The molecule has 146 valence electrons. The van der Waals surface area contributed by atoms with E-state index in [0.717, 1.165) is 23.7 Å². The van der Waals surface area contributed by atoms with E-state index in [0.29, 0.717) is 19.7 Å². The Balaban J connectivity index is 1.85. The van der Waals surface area contributed by atoms with Crippen molar-refractivity contribution in [2.75, 3.05) is 19.7 Å². The number of hydrogen-bond donors (Lipinski definition) is 0. The lowest BCUT2D eigenvalue weighted by atomic mass is 10.00. The third-order valence-electron chi connectivity index (χ3n) is 4.67. The van der Waals surface area contributed by atoms with Gasteiger partial charge < -0.3 is 18.9 Å². The van der Waals surface area contributed by atoms with Crippen molar-refractivity contribution in [3.8, 4) is 0 Å². The average Bonchev–Trinajstić information content (AvgIpc) is 2.84. The Morgan fingerprint density at radius 1 is 1.11 bits per heavy atom. The fraction of sp³-hybridized carbons (Fsp3) is 0.524. The first-order valence-corrected chi connectivity index (χ1v) is 9.51. The molecule has 1 amide bonds. The number of aromatic nitrogens is 1. The molecule has 0 fully saturated rings. The summed E-state index contributed by atoms with van der Waals surface area (Å²) < 4.78 is 12.6. The van der Waals surface area contributed by atoms with Crippen LogP contribution in [0.2, 0.25) is 0 Å². The highest BCUT2D eigenvalue weighted by atomic mass is 16.6. The molecule has 3 rings (SSSR count). The molecule has 0 unspecified atom stereocenters. The van der Waals surface area contributed by atoms with Crippen molar-refractivity contribution in [3.63, 3.8) is 0 Å². The maximum atomic E-state index is 12.5. The van der Waals surface area contributed by atoms with E-state index in [1.54, 1.807) is 4.90 Å². The molecule has 0 bridgehead atoms. The zero-order valence-electron chi connectivity index (χ0n) is 16.6. The average molecular weight is 372 g/mol. The van der Waals surface area contributed by atoms with Gasteiger partial charge in [0.25, 0.3) is 0 Å². The number of esters is 1. The second kappa shape index (κ2) is 7.62. The van der Waals surface area contributed by atoms with E-state index < -0.39 is 5.60 Å². The number of rotatable bonds is 3. The molecule has 0 saturated heterocycles. The third-order valence-corrected chi connectivity index (χ3v) is 4.67. The minimum atomic E-state index is -0.502. The number of benzene rings is 1. The van der Waals surface area contributed by atoms with Gasteiger partial charge in [0.1, 0.15) is 12.1 Å². The van der Waals surface area contributed by atoms with Crippen molar-refractivity contribution in [2.45, 2.75) is 52.7 Å². The van der Waals surface area contributed by atoms with Gasteiger partial charge in [0.15, 0.2) is 0 Å². The van der Waals surface area contributed by atoms with Crippen LogP contribution in [-0.4, -0.2) is 46.8 Å². The van der Waals surface area contributed by atoms with Crippen molar-refractivity contribution < 1.29 is 19.1 Å². The zero-order valence-corrected chi connectivity index (χ0v) is 16.6. The van der Waals surface area contributed by atoms with Gasteiger partial charge in [-0.2, -0.15) is 0 Å². The monoisotopic (exact) mass is 372 g/mol. The Labute approximate surface area is 160 Å². The normalized spacial score (nSPS) is 14.6. The van der Waals surface area contributed by atoms with Crippen molar-refractivity contribution in [1.29, 1.82) is 0 Å². The summed E-state index contributed by atoms with van der Waals surface area (Å²) in [4.78, 5) is 26.2. The number of carbonyl (C=O) groups excluding carboxylic acids is 2. The van der Waals surface area contributed by atoms with Crippen molar-refractivity contribution >= 4 is 23.0 Å². The topological polar surface area (TPSA) is 60.8 Å². The predicted molar refractivity (Wildman–Crippen MR) is 104 cm³/mol. The first-order valence-electron chi connectivity index (χ1n) is 9.51. The highest BCUT2D eigenvalue weighted by Gasteiger charge is 2.25. The molecule has 2 heterocycles. The van der Waals surface area contributed by atoms with Gasteiger partial charge in [0, 0.05) is 19.3 Å². The van der Waals surface area contributed by atoms with Gasteiger partial charge in [0.05, 0.1) is 12.1 Å². The summed E-state index contributed by atoms with van der Waals surface area (Å²) in [7, 11) is 0. The molecule has 0 radical (unpaired) electrons. The van der Waals surface area contributed by atoms with Gasteiger partial charge in [0.2, 0.25) is 0 Å². The lowest BCUT2D eigenvalue weighted by Crippen LogP contribution is -2.38. The molecule has 0 saturated carbocycles. The first-order chi connectivity index (χ1) is 12.8. The fourth-order valence-electron chi connectivity index (χ4n) is 3.53. The van der Waals surface area contributed by atoms with E-state index in [1.807, 2.05) is 44.5 Å². The maximum absolute atomic E-state index is 12.5. The molecule has 0 aliphatic carbocycles. The molecule has 0 atom stereocenters. The van der Waals surface area contributed by atoms with Crippen LogP contribution >= 0.6 is 0 Å². The second-order valence-electron chi connectivity index (χ2n) is 7.86. The molecule has 6 heteroatoms. The molecule has 2 aromatic rings. The Morgan fingerprint density at radius 3 is 2.56 bits per heavy atom. The van der Waals surface area contributed by atoms with Gasteiger partial charge >= 0.3 is 12.1 Å². The van der Waals surface area contributed by atoms with Gasteiger partial charge in [-0.3, -0.25) is 4.79 Å². The van der Waals surface area contributed by atoms with Crippen LogP contribution in [0.1, 0.15) is 38.8 Å². The van der Waals surface area contributed by atoms with Crippen LogP contribution in [0.3, 0.4) is 0 Å². The number of carbonyl (C=O) groups is 2. The minimum absolute atomic E-state index is 0.198.